The molecule has 1 atom stereocenters. The summed E-state index contributed by atoms with van der Waals surface area (Å²) < 4.78 is 53.9. The van der Waals surface area contributed by atoms with Gasteiger partial charge in [-0.25, -0.2) is 0 Å². The first-order valence-corrected chi connectivity index (χ1v) is 31.6. The molecule has 1 aromatic carbocycles. The first kappa shape index (κ1) is 38.3. The summed E-state index contributed by atoms with van der Waals surface area (Å²) in [7, 11) is 0. The van der Waals surface area contributed by atoms with Crippen molar-refractivity contribution in [3.8, 4) is 0 Å². The molecule has 0 fully saturated rings. The molecule has 1 rings (SSSR count). The maximum atomic E-state index is 16.0. The molecule has 40 heavy (non-hydrogen) atoms. The normalized spacial score (nSPS) is 14.3. The van der Waals surface area contributed by atoms with Crippen molar-refractivity contribution in [2.75, 3.05) is 0 Å². The van der Waals surface area contributed by atoms with Crippen molar-refractivity contribution in [3.63, 3.8) is 0 Å². The van der Waals surface area contributed by atoms with Gasteiger partial charge in [0.2, 0.25) is 0 Å². The fourth-order valence-corrected chi connectivity index (χ4v) is 51.2. The average Bonchev–Trinajstić information content (AvgIpc) is 2.95. The zero-order valence-electron chi connectivity index (χ0n) is 26.8. The Bertz CT molecular complexity index is 779. The topological polar surface area (TPSA) is 20.2 Å². The quantitative estimate of drug-likeness (QED) is 0.116. The van der Waals surface area contributed by atoms with E-state index in [1.807, 2.05) is 30.3 Å². The minimum atomic E-state index is -4.36. The van der Waals surface area contributed by atoms with Gasteiger partial charge in [0, 0.05) is 0 Å². The Kier molecular flexibility index (Phi) is 19.5. The minimum absolute atomic E-state index is 0.0485. The molecule has 0 bridgehead atoms. The van der Waals surface area contributed by atoms with Crippen LogP contribution in [0.25, 0.3) is 0 Å². The first-order valence-electron chi connectivity index (χ1n) is 16.7. The van der Waals surface area contributed by atoms with Gasteiger partial charge in [-0.1, -0.05) is 0 Å². The Morgan fingerprint density at radius 1 is 0.600 bits per heavy atom. The van der Waals surface area contributed by atoms with Gasteiger partial charge in [-0.05, 0) is 0 Å². The van der Waals surface area contributed by atoms with Crippen LogP contribution >= 0.6 is 0 Å². The maximum absolute atomic E-state index is 16.0. The zero-order chi connectivity index (χ0) is 30.1. The Morgan fingerprint density at radius 3 is 1.23 bits per heavy atom. The number of rotatable bonds is 22. The molecule has 1 unspecified atom stereocenters. The van der Waals surface area contributed by atoms with Crippen LogP contribution in [0.1, 0.15) is 130 Å². The van der Waals surface area contributed by atoms with Gasteiger partial charge < -0.3 is 0 Å². The summed E-state index contributed by atoms with van der Waals surface area (Å²) in [5, 5.41) is 12.3. The summed E-state index contributed by atoms with van der Waals surface area (Å²) in [6.07, 6.45) is 5.98. The fraction of sp³-hybridized carbons (Fsp3) is 0.765. The fourth-order valence-electron chi connectivity index (χ4n) is 6.85. The number of benzene rings is 1. The second-order valence-corrected chi connectivity index (χ2v) is 38.4. The number of aliphatic hydroxyl groups excluding tert-OH is 1. The zero-order valence-corrected chi connectivity index (χ0v) is 32.5. The standard InChI is InChI=1S/C10H7F3O.6C4H9.2Sn/c11-10(12,13)7-6-9(14)8-4-2-1-3-5-8;6*1-3-4-2;;/h1-5,9,14H;6*1,3-4H2,2H3;;. The van der Waals surface area contributed by atoms with E-state index in [0.717, 1.165) is 104 Å². The molecule has 0 saturated heterocycles. The van der Waals surface area contributed by atoms with E-state index in [1.165, 1.54) is 0 Å². The molecule has 0 spiro atoms. The number of unbranched alkanes of at least 4 members (excludes halogenated alkanes) is 6. The van der Waals surface area contributed by atoms with Crippen LogP contribution in [0.2, 0.25) is 26.6 Å². The van der Waals surface area contributed by atoms with Crippen LogP contribution in [0.4, 0.5) is 13.2 Å². The Hall–Kier alpha value is 0.307. The van der Waals surface area contributed by atoms with Gasteiger partial charge in [0.05, 0.1) is 0 Å². The van der Waals surface area contributed by atoms with E-state index in [0.29, 0.717) is 9.15 Å². The second kappa shape index (κ2) is 20.3. The van der Waals surface area contributed by atoms with Crippen LogP contribution in [-0.2, 0) is 0 Å². The third-order valence-electron chi connectivity index (χ3n) is 9.10. The molecule has 0 amide bonds. The van der Waals surface area contributed by atoms with E-state index < -0.39 is 49.0 Å². The van der Waals surface area contributed by atoms with Crippen LogP contribution in [0, 0.1) is 0 Å². The number of halogens is 3. The Morgan fingerprint density at radius 2 is 0.925 bits per heavy atom. The summed E-state index contributed by atoms with van der Waals surface area (Å²) in [5.41, 5.74) is 0.673. The molecule has 0 aliphatic carbocycles. The number of hydrogen-bond acceptors (Lipinski definition) is 1. The van der Waals surface area contributed by atoms with Crippen molar-refractivity contribution >= 4 is 36.8 Å². The van der Waals surface area contributed by atoms with Crippen molar-refractivity contribution in [2.24, 2.45) is 0 Å². The van der Waals surface area contributed by atoms with Crippen LogP contribution < -0.4 is 0 Å². The van der Waals surface area contributed by atoms with Crippen LogP contribution in [0.5, 0.6) is 0 Å². The third kappa shape index (κ3) is 11.4. The molecule has 1 nitrogen and oxygen atoms in total. The van der Waals surface area contributed by atoms with Crippen LogP contribution in [0.3, 0.4) is 0 Å². The van der Waals surface area contributed by atoms with E-state index in [4.69, 9.17) is 0 Å². The van der Waals surface area contributed by atoms with Crippen molar-refractivity contribution in [3.05, 3.63) is 43.1 Å². The van der Waals surface area contributed by atoms with Crippen molar-refractivity contribution < 1.29 is 18.3 Å². The molecular weight excluding hydrogens is 719 g/mol. The predicted molar refractivity (Wildman–Crippen MR) is 174 cm³/mol. The average molecular weight is 780 g/mol. The summed E-state index contributed by atoms with van der Waals surface area (Å²) in [6, 6.07) is 9.41. The van der Waals surface area contributed by atoms with Crippen molar-refractivity contribution in [2.45, 2.75) is 157 Å². The number of hydrogen-bond donors (Lipinski definition) is 1. The van der Waals surface area contributed by atoms with Crippen molar-refractivity contribution in [1.29, 1.82) is 0 Å². The Balaban J connectivity index is 4.36. The summed E-state index contributed by atoms with van der Waals surface area (Å²) >= 11 is -7.73. The van der Waals surface area contributed by atoms with E-state index in [1.54, 1.807) is 0 Å². The molecule has 1 aromatic rings. The SMILES string of the molecule is CCC[CH2][Sn]([CH2]CCC)([CH2]CCC)/[C](=[C](/C(F)(F)F)[Sn]([CH2]CCC)([CH2]CCC)[CH2]CCC)C(O)c1ccccc1. The second-order valence-electron chi connectivity index (χ2n) is 12.3. The number of alkyl halides is 3. The molecule has 0 aliphatic heterocycles. The van der Waals surface area contributed by atoms with Gasteiger partial charge in [-0.2, -0.15) is 0 Å². The molecule has 0 aliphatic rings. The van der Waals surface area contributed by atoms with E-state index in [-0.39, 0.29) is 3.59 Å². The summed E-state index contributed by atoms with van der Waals surface area (Å²) in [5.74, 6) is 0. The van der Waals surface area contributed by atoms with E-state index in [2.05, 4.69) is 41.5 Å². The third-order valence-corrected chi connectivity index (χ3v) is 42.9. The van der Waals surface area contributed by atoms with Crippen LogP contribution in [0.15, 0.2) is 37.5 Å². The van der Waals surface area contributed by atoms with Gasteiger partial charge in [0.25, 0.3) is 0 Å². The summed E-state index contributed by atoms with van der Waals surface area (Å²) in [4.78, 5) is 0. The van der Waals surface area contributed by atoms with Gasteiger partial charge in [0.15, 0.2) is 0 Å². The van der Waals surface area contributed by atoms with Gasteiger partial charge in [-0.3, -0.25) is 0 Å². The van der Waals surface area contributed by atoms with Gasteiger partial charge in [-0.15, -0.1) is 0 Å². The van der Waals surface area contributed by atoms with Gasteiger partial charge >= 0.3 is 256 Å². The molecule has 0 aromatic heterocycles. The molecule has 0 saturated carbocycles. The monoisotopic (exact) mass is 782 g/mol. The molecule has 0 radical (unpaired) electrons. The number of allylic oxidation sites excluding steroid dienone is 1. The van der Waals surface area contributed by atoms with Crippen LogP contribution in [-0.4, -0.2) is 48.0 Å². The Labute approximate surface area is 253 Å². The molecule has 0 heterocycles. The van der Waals surface area contributed by atoms with Gasteiger partial charge in [0.1, 0.15) is 0 Å². The first-order chi connectivity index (χ1) is 19.1. The predicted octanol–water partition coefficient (Wildman–Crippen LogP) is 12.4. The molecule has 6 heteroatoms. The van der Waals surface area contributed by atoms with Crippen molar-refractivity contribution in [1.82, 2.24) is 0 Å². The molecular formula is C34H61F3OSn2. The molecule has 1 N–H and O–H groups in total. The van der Waals surface area contributed by atoms with E-state index in [9.17, 15) is 5.11 Å². The number of aliphatic hydroxyl groups is 1. The molecule has 232 valence electrons. The van der Waals surface area contributed by atoms with E-state index >= 15 is 13.2 Å². The summed E-state index contributed by atoms with van der Waals surface area (Å²) in [6.45, 7) is 12.9.